The maximum atomic E-state index is 12.0. The van der Waals surface area contributed by atoms with E-state index in [4.69, 9.17) is 0 Å². The fraction of sp³-hybridized carbons (Fsp3) is 0.700. The maximum Gasteiger partial charge on any atom is 0.249 e. The second-order valence-electron chi connectivity index (χ2n) is 4.28. The van der Waals surface area contributed by atoms with Gasteiger partial charge in [-0.2, -0.15) is 0 Å². The Morgan fingerprint density at radius 1 is 1.25 bits per heavy atom. The Bertz CT molecular complexity index is 419. The molecule has 2 aliphatic heterocycles. The first kappa shape index (κ1) is 11.6. The molecular weight excluding hydrogens is 228 g/mol. The third-order valence-corrected chi connectivity index (χ3v) is 4.77. The number of rotatable bonds is 1. The van der Waals surface area contributed by atoms with Crippen molar-refractivity contribution in [3.05, 3.63) is 11.1 Å². The second-order valence-corrected chi connectivity index (χ2v) is 6.58. The van der Waals surface area contributed by atoms with Crippen molar-refractivity contribution >= 4 is 15.7 Å². The van der Waals surface area contributed by atoms with Gasteiger partial charge in [0.1, 0.15) is 0 Å². The standard InChI is InChI=1S/C10H16N2O3S/c1-8(9-6-11-7-9)10(13)12-2-4-16(14,15)5-3-12/h11H,2-7H2,1H3. The van der Waals surface area contributed by atoms with Gasteiger partial charge >= 0.3 is 0 Å². The molecule has 1 amide bonds. The highest BCUT2D eigenvalue weighted by Gasteiger charge is 2.27. The number of carbonyl (C=O) groups is 1. The van der Waals surface area contributed by atoms with Gasteiger partial charge in [-0.1, -0.05) is 0 Å². The van der Waals surface area contributed by atoms with E-state index in [9.17, 15) is 13.2 Å². The molecule has 2 heterocycles. The van der Waals surface area contributed by atoms with Gasteiger partial charge in [0.2, 0.25) is 5.91 Å². The molecule has 90 valence electrons. The van der Waals surface area contributed by atoms with Crippen molar-refractivity contribution < 1.29 is 13.2 Å². The van der Waals surface area contributed by atoms with Crippen LogP contribution >= 0.6 is 0 Å². The van der Waals surface area contributed by atoms with Crippen molar-refractivity contribution in [1.29, 1.82) is 0 Å². The number of nitrogens with one attached hydrogen (secondary N) is 1. The van der Waals surface area contributed by atoms with Gasteiger partial charge in [-0.25, -0.2) is 8.42 Å². The van der Waals surface area contributed by atoms with Crippen LogP contribution in [0.1, 0.15) is 6.92 Å². The van der Waals surface area contributed by atoms with E-state index in [2.05, 4.69) is 5.32 Å². The molecule has 6 heteroatoms. The summed E-state index contributed by atoms with van der Waals surface area (Å²) in [6.07, 6.45) is 0. The van der Waals surface area contributed by atoms with Gasteiger partial charge in [-0.05, 0) is 12.5 Å². The average molecular weight is 244 g/mol. The molecule has 0 aliphatic carbocycles. The van der Waals surface area contributed by atoms with Crippen LogP contribution in [0.3, 0.4) is 0 Å². The number of amides is 1. The zero-order valence-electron chi connectivity index (χ0n) is 9.32. The van der Waals surface area contributed by atoms with Gasteiger partial charge < -0.3 is 10.2 Å². The van der Waals surface area contributed by atoms with Crippen molar-refractivity contribution in [2.24, 2.45) is 0 Å². The molecule has 16 heavy (non-hydrogen) atoms. The number of hydrogen-bond donors (Lipinski definition) is 1. The fourth-order valence-electron chi connectivity index (χ4n) is 1.82. The van der Waals surface area contributed by atoms with E-state index >= 15 is 0 Å². The first-order chi connectivity index (χ1) is 7.49. The summed E-state index contributed by atoms with van der Waals surface area (Å²) in [6.45, 7) is 4.05. The fourth-order valence-corrected chi connectivity index (χ4v) is 3.02. The summed E-state index contributed by atoms with van der Waals surface area (Å²) < 4.78 is 22.5. The van der Waals surface area contributed by atoms with Crippen molar-refractivity contribution in [2.45, 2.75) is 6.92 Å². The Kier molecular flexibility index (Phi) is 3.03. The summed E-state index contributed by atoms with van der Waals surface area (Å²) >= 11 is 0. The first-order valence-electron chi connectivity index (χ1n) is 5.39. The van der Waals surface area contributed by atoms with Crippen molar-refractivity contribution in [3.63, 3.8) is 0 Å². The molecule has 2 fully saturated rings. The molecule has 0 atom stereocenters. The Hall–Kier alpha value is -0.880. The molecule has 5 nitrogen and oxygen atoms in total. The SMILES string of the molecule is CC(C(=O)N1CCS(=O)(=O)CC1)=C1CNC1. The highest BCUT2D eigenvalue weighted by atomic mass is 32.2. The lowest BCUT2D eigenvalue weighted by Gasteiger charge is -2.29. The Morgan fingerprint density at radius 3 is 2.25 bits per heavy atom. The second kappa shape index (κ2) is 4.18. The minimum atomic E-state index is -2.91. The van der Waals surface area contributed by atoms with Crippen LogP contribution in [0, 0.1) is 0 Å². The zero-order chi connectivity index (χ0) is 11.8. The van der Waals surface area contributed by atoms with Crippen LogP contribution in [0.5, 0.6) is 0 Å². The number of sulfone groups is 1. The lowest BCUT2D eigenvalue weighted by atomic mass is 10.0. The van der Waals surface area contributed by atoms with Gasteiger partial charge in [0.25, 0.3) is 0 Å². The largest absolute Gasteiger partial charge is 0.337 e. The zero-order valence-corrected chi connectivity index (χ0v) is 10.1. The average Bonchev–Trinajstić information content (AvgIpc) is 2.14. The predicted octanol–water partition coefficient (Wildman–Crippen LogP) is -0.837. The molecule has 0 aromatic heterocycles. The van der Waals surface area contributed by atoms with E-state index in [-0.39, 0.29) is 17.4 Å². The van der Waals surface area contributed by atoms with E-state index in [1.807, 2.05) is 6.92 Å². The van der Waals surface area contributed by atoms with Gasteiger partial charge in [0.05, 0.1) is 11.5 Å². The van der Waals surface area contributed by atoms with E-state index < -0.39 is 9.84 Å². The molecule has 2 rings (SSSR count). The van der Waals surface area contributed by atoms with Crippen molar-refractivity contribution in [2.75, 3.05) is 37.7 Å². The van der Waals surface area contributed by atoms with Crippen LogP contribution in [0.4, 0.5) is 0 Å². The van der Waals surface area contributed by atoms with Crippen LogP contribution < -0.4 is 5.32 Å². The lowest BCUT2D eigenvalue weighted by molar-refractivity contribution is -0.126. The minimum Gasteiger partial charge on any atom is -0.337 e. The van der Waals surface area contributed by atoms with Crippen LogP contribution in [0.15, 0.2) is 11.1 Å². The van der Waals surface area contributed by atoms with Crippen molar-refractivity contribution in [3.8, 4) is 0 Å². The number of hydrogen-bond acceptors (Lipinski definition) is 4. The van der Waals surface area contributed by atoms with E-state index in [0.717, 1.165) is 24.2 Å². The molecule has 2 aliphatic rings. The normalized spacial score (nSPS) is 23.8. The van der Waals surface area contributed by atoms with Crippen molar-refractivity contribution in [1.82, 2.24) is 10.2 Å². The number of carbonyl (C=O) groups excluding carboxylic acids is 1. The summed E-state index contributed by atoms with van der Waals surface area (Å²) in [5, 5.41) is 3.09. The topological polar surface area (TPSA) is 66.5 Å². The molecule has 0 unspecified atom stereocenters. The third-order valence-electron chi connectivity index (χ3n) is 3.16. The molecule has 0 spiro atoms. The monoisotopic (exact) mass is 244 g/mol. The van der Waals surface area contributed by atoms with Gasteiger partial charge in [-0.15, -0.1) is 0 Å². The Morgan fingerprint density at radius 2 is 1.81 bits per heavy atom. The Labute approximate surface area is 95.4 Å². The molecule has 0 aromatic rings. The van der Waals surface area contributed by atoms with E-state index in [0.29, 0.717) is 13.1 Å². The highest BCUT2D eigenvalue weighted by molar-refractivity contribution is 7.91. The molecule has 0 saturated carbocycles. The summed E-state index contributed by atoms with van der Waals surface area (Å²) in [6, 6.07) is 0. The summed E-state index contributed by atoms with van der Waals surface area (Å²) in [5.74, 6) is 0.186. The smallest absolute Gasteiger partial charge is 0.249 e. The number of nitrogens with zero attached hydrogens (tertiary/aromatic N) is 1. The first-order valence-corrected chi connectivity index (χ1v) is 7.21. The maximum absolute atomic E-state index is 12.0. The van der Waals surface area contributed by atoms with Gasteiger partial charge in [0.15, 0.2) is 9.84 Å². The molecule has 1 N–H and O–H groups in total. The van der Waals surface area contributed by atoms with Gasteiger partial charge in [-0.3, -0.25) is 4.79 Å². The van der Waals surface area contributed by atoms with Crippen LogP contribution in [-0.4, -0.2) is 56.9 Å². The van der Waals surface area contributed by atoms with Crippen LogP contribution in [-0.2, 0) is 14.6 Å². The minimum absolute atomic E-state index is 0.00796. The molecule has 0 radical (unpaired) electrons. The van der Waals surface area contributed by atoms with Gasteiger partial charge in [0, 0.05) is 31.8 Å². The van der Waals surface area contributed by atoms with Crippen LogP contribution in [0.25, 0.3) is 0 Å². The van der Waals surface area contributed by atoms with E-state index in [1.54, 1.807) is 4.90 Å². The lowest BCUT2D eigenvalue weighted by Crippen LogP contribution is -2.45. The molecule has 0 aromatic carbocycles. The van der Waals surface area contributed by atoms with Crippen LogP contribution in [0.2, 0.25) is 0 Å². The quantitative estimate of drug-likeness (QED) is 0.611. The Balaban J connectivity index is 2.02. The third kappa shape index (κ3) is 2.27. The summed E-state index contributed by atoms with van der Waals surface area (Å²) in [5.41, 5.74) is 1.91. The highest BCUT2D eigenvalue weighted by Crippen LogP contribution is 2.14. The summed E-state index contributed by atoms with van der Waals surface area (Å²) in [4.78, 5) is 13.6. The van der Waals surface area contributed by atoms with E-state index in [1.165, 1.54) is 0 Å². The molecule has 0 bridgehead atoms. The molecule has 2 saturated heterocycles. The predicted molar refractivity (Wildman–Crippen MR) is 60.8 cm³/mol. The molecular formula is C10H16N2O3S. The summed E-state index contributed by atoms with van der Waals surface area (Å²) in [7, 11) is -2.91.